The first kappa shape index (κ1) is 18.5. The van der Waals surface area contributed by atoms with Crippen molar-refractivity contribution in [2.75, 3.05) is 6.54 Å². The van der Waals surface area contributed by atoms with Crippen LogP contribution >= 0.6 is 0 Å². The fourth-order valence-corrected chi connectivity index (χ4v) is 2.62. The summed E-state index contributed by atoms with van der Waals surface area (Å²) in [5, 5.41) is 9.75. The number of benzene rings is 2. The van der Waals surface area contributed by atoms with Crippen LogP contribution in [0.25, 0.3) is 0 Å². The van der Waals surface area contributed by atoms with Crippen LogP contribution in [0.1, 0.15) is 16.8 Å². The van der Waals surface area contributed by atoms with E-state index in [1.165, 1.54) is 0 Å². The van der Waals surface area contributed by atoms with Gasteiger partial charge in [0, 0.05) is 19.8 Å². The van der Waals surface area contributed by atoms with Crippen LogP contribution in [0, 0.1) is 0 Å². The standard InChI is InChI=1S/C21H24N4O2/c1-25-19(12-14-24-25)15-23-21(26)22-13-11-17-7-9-20(10-8-17)27-16-18-5-3-2-4-6-18/h2-10,12,14H,11,13,15-16H2,1H3,(H2,22,23,26). The van der Waals surface area contributed by atoms with Gasteiger partial charge in [-0.05, 0) is 35.7 Å². The Bertz CT molecular complexity index is 844. The fraction of sp³-hybridized carbons (Fsp3) is 0.238. The van der Waals surface area contributed by atoms with Crippen molar-refractivity contribution in [2.45, 2.75) is 19.6 Å². The average Bonchev–Trinajstić information content (AvgIpc) is 3.11. The van der Waals surface area contributed by atoms with E-state index in [-0.39, 0.29) is 6.03 Å². The van der Waals surface area contributed by atoms with Gasteiger partial charge in [-0.1, -0.05) is 42.5 Å². The molecule has 27 heavy (non-hydrogen) atoms. The number of carbonyl (C=O) groups is 1. The summed E-state index contributed by atoms with van der Waals surface area (Å²) in [5.41, 5.74) is 3.24. The van der Waals surface area contributed by atoms with Crippen LogP contribution in [0.4, 0.5) is 4.79 Å². The van der Waals surface area contributed by atoms with Gasteiger partial charge in [-0.3, -0.25) is 4.68 Å². The number of hydrogen-bond acceptors (Lipinski definition) is 3. The molecule has 6 nitrogen and oxygen atoms in total. The highest BCUT2D eigenvalue weighted by Gasteiger charge is 2.03. The normalized spacial score (nSPS) is 10.4. The third kappa shape index (κ3) is 5.88. The molecule has 0 atom stereocenters. The molecule has 0 unspecified atom stereocenters. The Balaban J connectivity index is 1.36. The van der Waals surface area contributed by atoms with Crippen LogP contribution in [0.15, 0.2) is 66.9 Å². The molecule has 2 aromatic carbocycles. The molecule has 3 aromatic rings. The molecule has 0 saturated heterocycles. The van der Waals surface area contributed by atoms with Crippen molar-refractivity contribution in [3.05, 3.63) is 83.7 Å². The second kappa shape index (κ2) is 9.43. The van der Waals surface area contributed by atoms with Gasteiger partial charge in [0.1, 0.15) is 12.4 Å². The number of aryl methyl sites for hydroxylation is 1. The zero-order chi connectivity index (χ0) is 18.9. The van der Waals surface area contributed by atoms with Gasteiger partial charge in [0.05, 0.1) is 12.2 Å². The Kier molecular flexibility index (Phi) is 6.46. The first-order valence-electron chi connectivity index (χ1n) is 8.95. The lowest BCUT2D eigenvalue weighted by atomic mass is 10.1. The van der Waals surface area contributed by atoms with Crippen LogP contribution < -0.4 is 15.4 Å². The molecule has 0 bridgehead atoms. The maximum absolute atomic E-state index is 11.8. The molecule has 0 radical (unpaired) electrons. The van der Waals surface area contributed by atoms with Gasteiger partial charge in [0.25, 0.3) is 0 Å². The van der Waals surface area contributed by atoms with E-state index in [9.17, 15) is 4.79 Å². The minimum Gasteiger partial charge on any atom is -0.489 e. The topological polar surface area (TPSA) is 68.2 Å². The lowest BCUT2D eigenvalue weighted by molar-refractivity contribution is 0.240. The predicted molar refractivity (Wildman–Crippen MR) is 104 cm³/mol. The number of hydrogen-bond donors (Lipinski definition) is 2. The van der Waals surface area contributed by atoms with Gasteiger partial charge in [-0.15, -0.1) is 0 Å². The number of rotatable bonds is 8. The third-order valence-corrected chi connectivity index (χ3v) is 4.22. The molecule has 0 aliphatic heterocycles. The van der Waals surface area contributed by atoms with Crippen LogP contribution in [-0.2, 0) is 26.6 Å². The molecule has 3 rings (SSSR count). The molecule has 0 saturated carbocycles. The highest BCUT2D eigenvalue weighted by atomic mass is 16.5. The van der Waals surface area contributed by atoms with Crippen LogP contribution in [0.5, 0.6) is 5.75 Å². The van der Waals surface area contributed by atoms with Crippen molar-refractivity contribution in [1.29, 1.82) is 0 Å². The molecular weight excluding hydrogens is 340 g/mol. The molecule has 1 heterocycles. The number of ether oxygens (including phenoxy) is 1. The van der Waals surface area contributed by atoms with Gasteiger partial charge < -0.3 is 15.4 Å². The van der Waals surface area contributed by atoms with Crippen molar-refractivity contribution < 1.29 is 9.53 Å². The van der Waals surface area contributed by atoms with E-state index < -0.39 is 0 Å². The number of aromatic nitrogens is 2. The fourth-order valence-electron chi connectivity index (χ4n) is 2.62. The highest BCUT2D eigenvalue weighted by Crippen LogP contribution is 2.14. The summed E-state index contributed by atoms with van der Waals surface area (Å²) in [6.07, 6.45) is 2.47. The highest BCUT2D eigenvalue weighted by molar-refractivity contribution is 5.73. The monoisotopic (exact) mass is 364 g/mol. The molecular formula is C21H24N4O2. The van der Waals surface area contributed by atoms with E-state index >= 15 is 0 Å². The molecule has 0 fully saturated rings. The van der Waals surface area contributed by atoms with Gasteiger partial charge in [0.2, 0.25) is 0 Å². The first-order chi connectivity index (χ1) is 13.2. The smallest absolute Gasteiger partial charge is 0.315 e. The second-order valence-corrected chi connectivity index (χ2v) is 6.22. The number of nitrogens with one attached hydrogen (secondary N) is 2. The van der Waals surface area contributed by atoms with E-state index in [1.54, 1.807) is 10.9 Å². The molecule has 6 heteroatoms. The Hall–Kier alpha value is -3.28. The maximum atomic E-state index is 11.8. The first-order valence-corrected chi connectivity index (χ1v) is 8.95. The number of urea groups is 1. The van der Waals surface area contributed by atoms with E-state index in [1.807, 2.05) is 67.7 Å². The largest absolute Gasteiger partial charge is 0.489 e. The van der Waals surface area contributed by atoms with Gasteiger partial charge >= 0.3 is 6.03 Å². The van der Waals surface area contributed by atoms with Crippen molar-refractivity contribution in [3.8, 4) is 5.75 Å². The van der Waals surface area contributed by atoms with Crippen LogP contribution in [-0.4, -0.2) is 22.4 Å². The third-order valence-electron chi connectivity index (χ3n) is 4.22. The number of amides is 2. The summed E-state index contributed by atoms with van der Waals surface area (Å²) in [5.74, 6) is 0.837. The zero-order valence-electron chi connectivity index (χ0n) is 15.4. The van der Waals surface area contributed by atoms with E-state index in [0.717, 1.165) is 29.0 Å². The van der Waals surface area contributed by atoms with Gasteiger partial charge in [-0.25, -0.2) is 4.79 Å². The van der Waals surface area contributed by atoms with Crippen molar-refractivity contribution >= 4 is 6.03 Å². The molecule has 2 N–H and O–H groups in total. The summed E-state index contributed by atoms with van der Waals surface area (Å²) in [6, 6.07) is 19.7. The lowest BCUT2D eigenvalue weighted by Crippen LogP contribution is -2.36. The average molecular weight is 364 g/mol. The van der Waals surface area contributed by atoms with Crippen molar-refractivity contribution in [1.82, 2.24) is 20.4 Å². The SMILES string of the molecule is Cn1nccc1CNC(=O)NCCc1ccc(OCc2ccccc2)cc1. The lowest BCUT2D eigenvalue weighted by Gasteiger charge is -2.09. The summed E-state index contributed by atoms with van der Waals surface area (Å²) < 4.78 is 7.52. The van der Waals surface area contributed by atoms with Crippen LogP contribution in [0.3, 0.4) is 0 Å². The predicted octanol–water partition coefficient (Wildman–Crippen LogP) is 3.04. The molecule has 1 aromatic heterocycles. The second-order valence-electron chi connectivity index (χ2n) is 6.22. The summed E-state index contributed by atoms with van der Waals surface area (Å²) in [7, 11) is 1.85. The number of carbonyl (C=O) groups excluding carboxylic acids is 1. The molecule has 2 amide bonds. The zero-order valence-corrected chi connectivity index (χ0v) is 15.4. The van der Waals surface area contributed by atoms with Gasteiger partial charge in [0.15, 0.2) is 0 Å². The molecule has 140 valence electrons. The minimum atomic E-state index is -0.181. The van der Waals surface area contributed by atoms with E-state index in [0.29, 0.717) is 19.7 Å². The summed E-state index contributed by atoms with van der Waals surface area (Å²) in [6.45, 7) is 1.58. The van der Waals surface area contributed by atoms with Crippen molar-refractivity contribution in [3.63, 3.8) is 0 Å². The Labute approximate surface area is 159 Å². The molecule has 0 spiro atoms. The van der Waals surface area contributed by atoms with Gasteiger partial charge in [-0.2, -0.15) is 5.10 Å². The minimum absolute atomic E-state index is 0.181. The molecule has 0 aliphatic carbocycles. The number of nitrogens with zero attached hydrogens (tertiary/aromatic N) is 2. The van der Waals surface area contributed by atoms with Crippen molar-refractivity contribution in [2.24, 2.45) is 7.05 Å². The maximum Gasteiger partial charge on any atom is 0.315 e. The quantitative estimate of drug-likeness (QED) is 0.646. The summed E-state index contributed by atoms with van der Waals surface area (Å²) in [4.78, 5) is 11.8. The Morgan fingerprint density at radius 1 is 1.00 bits per heavy atom. The van der Waals surface area contributed by atoms with E-state index in [2.05, 4.69) is 15.7 Å². The Morgan fingerprint density at radius 2 is 1.78 bits per heavy atom. The Morgan fingerprint density at radius 3 is 2.48 bits per heavy atom. The van der Waals surface area contributed by atoms with Crippen LogP contribution in [0.2, 0.25) is 0 Å². The molecule has 0 aliphatic rings. The van der Waals surface area contributed by atoms with E-state index in [4.69, 9.17) is 4.74 Å². The summed E-state index contributed by atoms with van der Waals surface area (Å²) >= 11 is 0.